The molecule has 1 saturated heterocycles. The van der Waals surface area contributed by atoms with Gasteiger partial charge in [0.25, 0.3) is 0 Å². The third-order valence-corrected chi connectivity index (χ3v) is 5.48. The van der Waals surface area contributed by atoms with E-state index in [0.717, 1.165) is 42.7 Å². The zero-order valence-corrected chi connectivity index (χ0v) is 12.5. The van der Waals surface area contributed by atoms with Crippen LogP contribution < -0.4 is 4.90 Å². The predicted octanol–water partition coefficient (Wildman–Crippen LogP) is 2.76. The summed E-state index contributed by atoms with van der Waals surface area (Å²) in [5.41, 5.74) is 0.752. The number of aromatic nitrogens is 2. The van der Waals surface area contributed by atoms with Gasteiger partial charge in [0.1, 0.15) is 18.0 Å². The molecule has 5 heteroatoms. The number of halogens is 1. The predicted molar refractivity (Wildman–Crippen MR) is 83.2 cm³/mol. The minimum Gasteiger partial charge on any atom is -0.396 e. The Bertz CT molecular complexity index is 707. The second kappa shape index (κ2) is 5.16. The van der Waals surface area contributed by atoms with E-state index in [1.165, 1.54) is 25.0 Å². The quantitative estimate of drug-likeness (QED) is 0.926. The van der Waals surface area contributed by atoms with Gasteiger partial charge in [-0.05, 0) is 37.0 Å². The Labute approximate surface area is 129 Å². The van der Waals surface area contributed by atoms with Crippen LogP contribution in [0.15, 0.2) is 24.5 Å². The van der Waals surface area contributed by atoms with E-state index in [1.54, 1.807) is 12.4 Å². The summed E-state index contributed by atoms with van der Waals surface area (Å²) in [6, 6.07) is 4.64. The Hall–Kier alpha value is -1.75. The second-order valence-electron chi connectivity index (χ2n) is 6.70. The Morgan fingerprint density at radius 1 is 1.32 bits per heavy atom. The number of nitrogens with zero attached hydrogens (tertiary/aromatic N) is 3. The smallest absolute Gasteiger partial charge is 0.140 e. The molecule has 4 nitrogen and oxygen atoms in total. The average Bonchev–Trinajstić information content (AvgIpc) is 2.94. The van der Waals surface area contributed by atoms with Crippen molar-refractivity contribution in [1.29, 1.82) is 0 Å². The van der Waals surface area contributed by atoms with Crippen LogP contribution in [0.3, 0.4) is 0 Å². The Morgan fingerprint density at radius 2 is 2.23 bits per heavy atom. The van der Waals surface area contributed by atoms with Gasteiger partial charge < -0.3 is 10.0 Å². The molecule has 2 aliphatic rings. The number of rotatable bonds is 2. The zero-order valence-electron chi connectivity index (χ0n) is 12.5. The first kappa shape index (κ1) is 13.9. The largest absolute Gasteiger partial charge is 0.396 e. The summed E-state index contributed by atoms with van der Waals surface area (Å²) in [5, 5.41) is 10.7. The van der Waals surface area contributed by atoms with Crippen LogP contribution in [0.4, 0.5) is 10.2 Å². The van der Waals surface area contributed by atoms with E-state index in [9.17, 15) is 9.50 Å². The number of hydrogen-bond donors (Lipinski definition) is 1. The molecule has 1 aliphatic carbocycles. The van der Waals surface area contributed by atoms with E-state index in [1.807, 2.05) is 0 Å². The minimum atomic E-state index is -0.267. The van der Waals surface area contributed by atoms with E-state index in [0.29, 0.717) is 5.92 Å². The summed E-state index contributed by atoms with van der Waals surface area (Å²) < 4.78 is 13.6. The summed E-state index contributed by atoms with van der Waals surface area (Å²) >= 11 is 0. The molecule has 22 heavy (non-hydrogen) atoms. The van der Waals surface area contributed by atoms with Crippen molar-refractivity contribution in [3.63, 3.8) is 0 Å². The van der Waals surface area contributed by atoms with Crippen LogP contribution in [0.1, 0.15) is 25.7 Å². The molecule has 2 heterocycles. The highest BCUT2D eigenvalue weighted by Gasteiger charge is 2.47. The fraction of sp³-hybridized carbons (Fsp3) is 0.529. The molecular weight excluding hydrogens is 281 g/mol. The van der Waals surface area contributed by atoms with Crippen molar-refractivity contribution in [3.05, 3.63) is 30.3 Å². The van der Waals surface area contributed by atoms with Gasteiger partial charge in [0, 0.05) is 23.9 Å². The molecule has 1 saturated carbocycles. The average molecular weight is 301 g/mol. The third-order valence-electron chi connectivity index (χ3n) is 5.48. The molecule has 0 spiro atoms. The molecule has 1 N–H and O–H groups in total. The van der Waals surface area contributed by atoms with Gasteiger partial charge in [0.2, 0.25) is 0 Å². The molecular formula is C17H20FN3O. The van der Waals surface area contributed by atoms with E-state index in [4.69, 9.17) is 0 Å². The van der Waals surface area contributed by atoms with E-state index in [-0.39, 0.29) is 17.8 Å². The van der Waals surface area contributed by atoms with Crippen molar-refractivity contribution < 1.29 is 9.50 Å². The lowest BCUT2D eigenvalue weighted by molar-refractivity contribution is 0.0627. The normalized spacial score (nSPS) is 28.1. The lowest BCUT2D eigenvalue weighted by atomic mass is 9.69. The maximum absolute atomic E-state index is 13.6. The maximum atomic E-state index is 13.6. The summed E-state index contributed by atoms with van der Waals surface area (Å²) in [6.45, 7) is 1.92. The molecule has 2 fully saturated rings. The van der Waals surface area contributed by atoms with Crippen LogP contribution in [0.5, 0.6) is 0 Å². The number of benzene rings is 1. The molecule has 4 rings (SSSR count). The minimum absolute atomic E-state index is 0.0111. The van der Waals surface area contributed by atoms with Crippen LogP contribution in [0.2, 0.25) is 0 Å². The summed E-state index contributed by atoms with van der Waals surface area (Å²) in [7, 11) is 0. The standard InChI is InChI=1S/C17H20FN3O/c18-13-4-5-15-14(7-13)16(20-11-19-15)21-8-12-3-1-2-6-17(12,9-21)10-22/h4-5,7,11-12,22H,1-3,6,8-10H2. The third kappa shape index (κ3) is 2.07. The summed E-state index contributed by atoms with van der Waals surface area (Å²) in [5.74, 6) is 1.04. The molecule has 116 valence electrons. The summed E-state index contributed by atoms with van der Waals surface area (Å²) in [6.07, 6.45) is 6.20. The van der Waals surface area contributed by atoms with Gasteiger partial charge >= 0.3 is 0 Å². The van der Waals surface area contributed by atoms with Crippen molar-refractivity contribution in [3.8, 4) is 0 Å². The fourth-order valence-electron chi connectivity index (χ4n) is 4.27. The highest BCUT2D eigenvalue weighted by atomic mass is 19.1. The second-order valence-corrected chi connectivity index (χ2v) is 6.70. The van der Waals surface area contributed by atoms with Crippen molar-refractivity contribution in [2.75, 3.05) is 24.6 Å². The van der Waals surface area contributed by atoms with Crippen molar-refractivity contribution in [2.45, 2.75) is 25.7 Å². The SMILES string of the molecule is OCC12CCCCC1CN(c1ncnc3ccc(F)cc13)C2. The van der Waals surface area contributed by atoms with E-state index in [2.05, 4.69) is 14.9 Å². The number of anilines is 1. The highest BCUT2D eigenvalue weighted by Crippen LogP contribution is 2.47. The van der Waals surface area contributed by atoms with Crippen molar-refractivity contribution in [1.82, 2.24) is 9.97 Å². The van der Waals surface area contributed by atoms with Crippen LogP contribution >= 0.6 is 0 Å². The van der Waals surface area contributed by atoms with Crippen LogP contribution in [-0.2, 0) is 0 Å². The molecule has 0 radical (unpaired) electrons. The van der Waals surface area contributed by atoms with Gasteiger partial charge in [-0.3, -0.25) is 0 Å². The molecule has 2 aromatic rings. The molecule has 2 unspecified atom stereocenters. The Kier molecular flexibility index (Phi) is 3.26. The molecule has 0 amide bonds. The topological polar surface area (TPSA) is 49.2 Å². The molecule has 0 bridgehead atoms. The zero-order chi connectivity index (χ0) is 15.2. The van der Waals surface area contributed by atoms with Crippen LogP contribution in [0.25, 0.3) is 10.9 Å². The first-order valence-electron chi connectivity index (χ1n) is 7.98. The molecule has 1 aromatic carbocycles. The highest BCUT2D eigenvalue weighted by molar-refractivity contribution is 5.89. The van der Waals surface area contributed by atoms with Gasteiger partial charge in [-0.1, -0.05) is 12.8 Å². The summed E-state index contributed by atoms with van der Waals surface area (Å²) in [4.78, 5) is 10.9. The van der Waals surface area contributed by atoms with Crippen molar-refractivity contribution in [2.24, 2.45) is 11.3 Å². The van der Waals surface area contributed by atoms with E-state index < -0.39 is 0 Å². The van der Waals surface area contributed by atoms with Crippen molar-refractivity contribution >= 4 is 16.7 Å². The lowest BCUT2D eigenvalue weighted by Crippen LogP contribution is -2.37. The number of aliphatic hydroxyl groups excluding tert-OH is 1. The molecule has 1 aliphatic heterocycles. The van der Waals surface area contributed by atoms with Gasteiger partial charge in [-0.15, -0.1) is 0 Å². The Morgan fingerprint density at radius 3 is 3.05 bits per heavy atom. The molecule has 2 atom stereocenters. The lowest BCUT2D eigenvalue weighted by Gasteiger charge is -2.36. The van der Waals surface area contributed by atoms with Gasteiger partial charge in [-0.2, -0.15) is 0 Å². The number of aliphatic hydroxyl groups is 1. The first-order chi connectivity index (χ1) is 10.7. The van der Waals surface area contributed by atoms with Gasteiger partial charge in [0.05, 0.1) is 12.1 Å². The van der Waals surface area contributed by atoms with E-state index >= 15 is 0 Å². The monoisotopic (exact) mass is 301 g/mol. The van der Waals surface area contributed by atoms with Crippen LogP contribution in [-0.4, -0.2) is 34.8 Å². The maximum Gasteiger partial charge on any atom is 0.140 e. The van der Waals surface area contributed by atoms with Gasteiger partial charge in [0.15, 0.2) is 0 Å². The van der Waals surface area contributed by atoms with Crippen LogP contribution in [0, 0.1) is 17.2 Å². The molecule has 1 aromatic heterocycles. The number of hydrogen-bond acceptors (Lipinski definition) is 4. The Balaban J connectivity index is 1.75. The van der Waals surface area contributed by atoms with Gasteiger partial charge in [-0.25, -0.2) is 14.4 Å². The fourth-order valence-corrected chi connectivity index (χ4v) is 4.27. The number of fused-ring (bicyclic) bond motifs is 2. The first-order valence-corrected chi connectivity index (χ1v) is 7.98.